The molecular formula is C20H21BrN2O2. The molecule has 2 amide bonds. The quantitative estimate of drug-likeness (QED) is 0.830. The maximum absolute atomic E-state index is 12.7. The zero-order chi connectivity index (χ0) is 18.0. The number of carbonyl (C=O) groups excluding carboxylic acids is 2. The molecular weight excluding hydrogens is 380 g/mol. The molecule has 0 aliphatic carbocycles. The van der Waals surface area contributed by atoms with E-state index in [1.54, 1.807) is 4.90 Å². The van der Waals surface area contributed by atoms with Gasteiger partial charge in [-0.15, -0.1) is 0 Å². The molecule has 25 heavy (non-hydrogen) atoms. The Bertz CT molecular complexity index is 819. The SMILES string of the molecule is CCc1cc(Br)ccc1NC(=O)[C@H]1CC(=O)N(c2ccccc2C)C1. The fraction of sp³-hybridized carbons (Fsp3) is 0.300. The molecule has 2 aromatic rings. The standard InChI is InChI=1S/C20H21BrN2O2/c1-3-14-10-16(21)8-9-17(14)22-20(25)15-11-19(24)23(12-15)18-7-5-4-6-13(18)2/h4-10,15H,3,11-12H2,1-2H3,(H,22,25)/t15-/m0/s1. The lowest BCUT2D eigenvalue weighted by Crippen LogP contribution is -2.28. The summed E-state index contributed by atoms with van der Waals surface area (Å²) in [7, 11) is 0. The zero-order valence-corrected chi connectivity index (χ0v) is 16.0. The molecule has 5 heteroatoms. The molecule has 0 aromatic heterocycles. The Morgan fingerprint density at radius 1 is 1.28 bits per heavy atom. The van der Waals surface area contributed by atoms with Gasteiger partial charge in [0.05, 0.1) is 5.92 Å². The molecule has 0 saturated carbocycles. The smallest absolute Gasteiger partial charge is 0.229 e. The number of halogens is 1. The summed E-state index contributed by atoms with van der Waals surface area (Å²) >= 11 is 3.45. The van der Waals surface area contributed by atoms with Crippen molar-refractivity contribution in [3.05, 3.63) is 58.1 Å². The van der Waals surface area contributed by atoms with Crippen molar-refractivity contribution in [3.8, 4) is 0 Å². The number of nitrogens with one attached hydrogen (secondary N) is 1. The van der Waals surface area contributed by atoms with Gasteiger partial charge in [-0.3, -0.25) is 9.59 Å². The van der Waals surface area contributed by atoms with Crippen LogP contribution >= 0.6 is 15.9 Å². The number of aryl methyl sites for hydroxylation is 2. The van der Waals surface area contributed by atoms with Crippen LogP contribution in [0.3, 0.4) is 0 Å². The Hall–Kier alpha value is -2.14. The van der Waals surface area contributed by atoms with Crippen LogP contribution in [0.5, 0.6) is 0 Å². The van der Waals surface area contributed by atoms with Crippen LogP contribution < -0.4 is 10.2 Å². The molecule has 3 rings (SSSR count). The molecule has 0 unspecified atom stereocenters. The second-order valence-electron chi connectivity index (χ2n) is 6.34. The van der Waals surface area contributed by atoms with Crippen LogP contribution in [-0.4, -0.2) is 18.4 Å². The second kappa shape index (κ2) is 7.40. The van der Waals surface area contributed by atoms with Crippen molar-refractivity contribution in [2.75, 3.05) is 16.8 Å². The van der Waals surface area contributed by atoms with Gasteiger partial charge in [0.15, 0.2) is 0 Å². The van der Waals surface area contributed by atoms with E-state index in [-0.39, 0.29) is 24.2 Å². The average Bonchev–Trinajstić information content (AvgIpc) is 2.98. The van der Waals surface area contributed by atoms with Crippen LogP contribution in [0.2, 0.25) is 0 Å². The first-order valence-electron chi connectivity index (χ1n) is 8.45. The number of para-hydroxylation sites is 1. The summed E-state index contributed by atoms with van der Waals surface area (Å²) < 4.78 is 0.990. The summed E-state index contributed by atoms with van der Waals surface area (Å²) in [5.41, 5.74) is 3.82. The lowest BCUT2D eigenvalue weighted by molar-refractivity contribution is -0.122. The van der Waals surface area contributed by atoms with Crippen LogP contribution in [0.15, 0.2) is 46.9 Å². The van der Waals surface area contributed by atoms with Gasteiger partial charge in [-0.25, -0.2) is 0 Å². The van der Waals surface area contributed by atoms with E-state index in [1.807, 2.05) is 49.4 Å². The predicted octanol–water partition coefficient (Wildman–Crippen LogP) is 4.31. The number of carbonyl (C=O) groups is 2. The molecule has 1 aliphatic heterocycles. The van der Waals surface area contributed by atoms with Crippen LogP contribution in [-0.2, 0) is 16.0 Å². The summed E-state index contributed by atoms with van der Waals surface area (Å²) in [6.45, 7) is 4.45. The number of benzene rings is 2. The maximum Gasteiger partial charge on any atom is 0.229 e. The third kappa shape index (κ3) is 3.76. The van der Waals surface area contributed by atoms with Crippen molar-refractivity contribution in [3.63, 3.8) is 0 Å². The topological polar surface area (TPSA) is 49.4 Å². The van der Waals surface area contributed by atoms with E-state index < -0.39 is 0 Å². The summed E-state index contributed by atoms with van der Waals surface area (Å²) in [6, 6.07) is 13.6. The molecule has 1 N–H and O–H groups in total. The number of amides is 2. The molecule has 4 nitrogen and oxygen atoms in total. The fourth-order valence-corrected chi connectivity index (χ4v) is 3.60. The van der Waals surface area contributed by atoms with Crippen LogP contribution in [0.1, 0.15) is 24.5 Å². The van der Waals surface area contributed by atoms with Gasteiger partial charge in [-0.1, -0.05) is 41.1 Å². The highest BCUT2D eigenvalue weighted by molar-refractivity contribution is 9.10. The summed E-state index contributed by atoms with van der Waals surface area (Å²) in [4.78, 5) is 26.8. The second-order valence-corrected chi connectivity index (χ2v) is 7.25. The van der Waals surface area contributed by atoms with Crippen LogP contribution in [0.4, 0.5) is 11.4 Å². The average molecular weight is 401 g/mol. The largest absolute Gasteiger partial charge is 0.326 e. The lowest BCUT2D eigenvalue weighted by Gasteiger charge is -2.19. The molecule has 1 fully saturated rings. The Balaban J connectivity index is 1.74. The molecule has 1 aliphatic rings. The van der Waals surface area contributed by atoms with Gasteiger partial charge in [0.2, 0.25) is 11.8 Å². The molecule has 2 aromatic carbocycles. The van der Waals surface area contributed by atoms with Gasteiger partial charge in [-0.2, -0.15) is 0 Å². The minimum atomic E-state index is -0.333. The van der Waals surface area contributed by atoms with Gasteiger partial charge in [0, 0.05) is 28.8 Å². The van der Waals surface area contributed by atoms with Crippen LogP contribution in [0, 0.1) is 12.8 Å². The maximum atomic E-state index is 12.7. The molecule has 130 valence electrons. The van der Waals surface area contributed by atoms with E-state index in [4.69, 9.17) is 0 Å². The summed E-state index contributed by atoms with van der Waals surface area (Å²) in [6.07, 6.45) is 1.08. The number of anilines is 2. The summed E-state index contributed by atoms with van der Waals surface area (Å²) in [5, 5.41) is 3.00. The fourth-order valence-electron chi connectivity index (χ4n) is 3.19. The Labute approximate surface area is 156 Å². The highest BCUT2D eigenvalue weighted by Gasteiger charge is 2.35. The predicted molar refractivity (Wildman–Crippen MR) is 104 cm³/mol. The van der Waals surface area contributed by atoms with E-state index in [1.165, 1.54) is 0 Å². The van der Waals surface area contributed by atoms with Crippen molar-refractivity contribution < 1.29 is 9.59 Å². The van der Waals surface area contributed by atoms with Crippen molar-refractivity contribution in [1.29, 1.82) is 0 Å². The molecule has 0 spiro atoms. The first-order valence-corrected chi connectivity index (χ1v) is 9.24. The number of hydrogen-bond acceptors (Lipinski definition) is 2. The third-order valence-corrected chi connectivity index (χ3v) is 5.10. The molecule has 0 radical (unpaired) electrons. The van der Waals surface area contributed by atoms with E-state index in [2.05, 4.69) is 28.2 Å². The lowest BCUT2D eigenvalue weighted by atomic mass is 10.1. The molecule has 1 atom stereocenters. The van der Waals surface area contributed by atoms with Gasteiger partial charge in [-0.05, 0) is 48.7 Å². The van der Waals surface area contributed by atoms with Crippen LogP contribution in [0.25, 0.3) is 0 Å². The summed E-state index contributed by atoms with van der Waals surface area (Å²) in [5.74, 6) is -0.428. The Morgan fingerprint density at radius 2 is 2.04 bits per heavy atom. The molecule has 1 heterocycles. The van der Waals surface area contributed by atoms with Crippen molar-refractivity contribution in [2.45, 2.75) is 26.7 Å². The number of hydrogen-bond donors (Lipinski definition) is 1. The minimum absolute atomic E-state index is 0.000899. The monoisotopic (exact) mass is 400 g/mol. The molecule has 1 saturated heterocycles. The number of nitrogens with zero attached hydrogens (tertiary/aromatic N) is 1. The van der Waals surface area contributed by atoms with Gasteiger partial charge < -0.3 is 10.2 Å². The first kappa shape index (κ1) is 17.7. The minimum Gasteiger partial charge on any atom is -0.326 e. The number of rotatable bonds is 4. The first-order chi connectivity index (χ1) is 12.0. The highest BCUT2D eigenvalue weighted by atomic mass is 79.9. The van der Waals surface area contributed by atoms with Crippen molar-refractivity contribution >= 4 is 39.1 Å². The zero-order valence-electron chi connectivity index (χ0n) is 14.4. The van der Waals surface area contributed by atoms with E-state index in [0.29, 0.717) is 6.54 Å². The highest BCUT2D eigenvalue weighted by Crippen LogP contribution is 2.29. The Kier molecular flexibility index (Phi) is 5.23. The van der Waals surface area contributed by atoms with E-state index >= 15 is 0 Å². The third-order valence-electron chi connectivity index (χ3n) is 4.61. The van der Waals surface area contributed by atoms with Crippen molar-refractivity contribution in [2.24, 2.45) is 5.92 Å². The van der Waals surface area contributed by atoms with Gasteiger partial charge >= 0.3 is 0 Å². The van der Waals surface area contributed by atoms with Gasteiger partial charge in [0.1, 0.15) is 0 Å². The van der Waals surface area contributed by atoms with Crippen molar-refractivity contribution in [1.82, 2.24) is 0 Å². The van der Waals surface area contributed by atoms with E-state index in [9.17, 15) is 9.59 Å². The van der Waals surface area contributed by atoms with E-state index in [0.717, 1.165) is 33.4 Å². The Morgan fingerprint density at radius 3 is 2.76 bits per heavy atom. The molecule has 0 bridgehead atoms. The normalized spacial score (nSPS) is 17.0. The van der Waals surface area contributed by atoms with Gasteiger partial charge in [0.25, 0.3) is 0 Å².